The Morgan fingerprint density at radius 1 is 1.21 bits per heavy atom. The van der Waals surface area contributed by atoms with Crippen LogP contribution < -0.4 is 15.2 Å². The van der Waals surface area contributed by atoms with Crippen LogP contribution in [0.2, 0.25) is 0 Å². The van der Waals surface area contributed by atoms with Gasteiger partial charge in [-0.15, -0.1) is 0 Å². The van der Waals surface area contributed by atoms with E-state index >= 15 is 0 Å². The Labute approximate surface area is 113 Å². The largest absolute Gasteiger partial charge is 0.493 e. The molecule has 0 aliphatic carbocycles. The molecule has 0 aliphatic heterocycles. The summed E-state index contributed by atoms with van der Waals surface area (Å²) in [6.45, 7) is 0.599. The van der Waals surface area contributed by atoms with Crippen molar-refractivity contribution >= 4 is 0 Å². The van der Waals surface area contributed by atoms with Gasteiger partial charge in [-0.25, -0.2) is 0 Å². The first-order valence-electron chi connectivity index (χ1n) is 6.15. The molecule has 0 spiro atoms. The Morgan fingerprint density at radius 2 is 2.05 bits per heavy atom. The second kappa shape index (κ2) is 6.20. The van der Waals surface area contributed by atoms with Gasteiger partial charge in [0.1, 0.15) is 0 Å². The van der Waals surface area contributed by atoms with E-state index < -0.39 is 0 Å². The minimum atomic E-state index is 0.599. The molecule has 2 aromatic rings. The zero-order chi connectivity index (χ0) is 13.7. The molecule has 0 fully saturated rings. The number of ether oxygens (including phenoxy) is 2. The summed E-state index contributed by atoms with van der Waals surface area (Å²) in [7, 11) is 3.28. The van der Waals surface area contributed by atoms with Crippen molar-refractivity contribution in [3.63, 3.8) is 0 Å². The maximum absolute atomic E-state index is 5.63. The lowest BCUT2D eigenvalue weighted by molar-refractivity contribution is 0.355. The summed E-state index contributed by atoms with van der Waals surface area (Å²) in [4.78, 5) is 4.15. The van der Waals surface area contributed by atoms with Gasteiger partial charge in [0.25, 0.3) is 0 Å². The highest BCUT2D eigenvalue weighted by Crippen LogP contribution is 2.39. The highest BCUT2D eigenvalue weighted by atomic mass is 16.5. The average Bonchev–Trinajstić information content (AvgIpc) is 2.47. The molecule has 2 rings (SSSR count). The van der Waals surface area contributed by atoms with Gasteiger partial charge in [0, 0.05) is 23.5 Å². The minimum absolute atomic E-state index is 0.599. The molecule has 1 aromatic heterocycles. The maximum atomic E-state index is 5.63. The van der Waals surface area contributed by atoms with Crippen LogP contribution in [0.1, 0.15) is 5.56 Å². The topological polar surface area (TPSA) is 57.4 Å². The van der Waals surface area contributed by atoms with Crippen LogP contribution in [-0.4, -0.2) is 25.7 Å². The zero-order valence-corrected chi connectivity index (χ0v) is 11.2. The van der Waals surface area contributed by atoms with Crippen molar-refractivity contribution in [2.45, 2.75) is 6.42 Å². The average molecular weight is 258 g/mol. The Bertz CT molecular complexity index is 541. The highest BCUT2D eigenvalue weighted by molar-refractivity contribution is 5.74. The van der Waals surface area contributed by atoms with Gasteiger partial charge < -0.3 is 15.2 Å². The third kappa shape index (κ3) is 2.85. The maximum Gasteiger partial charge on any atom is 0.168 e. The van der Waals surface area contributed by atoms with Crippen LogP contribution in [0.25, 0.3) is 11.1 Å². The number of nitrogens with two attached hydrogens (primary N) is 1. The molecule has 0 radical (unpaired) electrons. The van der Waals surface area contributed by atoms with Crippen molar-refractivity contribution in [2.24, 2.45) is 5.73 Å². The first kappa shape index (κ1) is 13.4. The fourth-order valence-corrected chi connectivity index (χ4v) is 2.07. The van der Waals surface area contributed by atoms with Gasteiger partial charge in [0.05, 0.1) is 14.2 Å². The molecule has 0 atom stereocenters. The molecule has 1 aromatic carbocycles. The van der Waals surface area contributed by atoms with E-state index in [1.165, 1.54) is 0 Å². The van der Waals surface area contributed by atoms with Crippen molar-refractivity contribution in [3.05, 3.63) is 42.2 Å². The summed E-state index contributed by atoms with van der Waals surface area (Å²) in [5.74, 6) is 1.43. The molecule has 0 amide bonds. The standard InChI is InChI=1S/C15H18N2O2/c1-18-14-9-11(5-6-16)8-13(15(14)19-2)12-4-3-7-17-10-12/h3-4,7-10H,5-6,16H2,1-2H3. The fourth-order valence-electron chi connectivity index (χ4n) is 2.07. The lowest BCUT2D eigenvalue weighted by Gasteiger charge is -2.15. The Balaban J connectivity index is 2.59. The molecular weight excluding hydrogens is 240 g/mol. The quantitative estimate of drug-likeness (QED) is 0.893. The number of hydrogen-bond donors (Lipinski definition) is 1. The zero-order valence-electron chi connectivity index (χ0n) is 11.2. The van der Waals surface area contributed by atoms with Crippen LogP contribution in [0.4, 0.5) is 0 Å². The minimum Gasteiger partial charge on any atom is -0.493 e. The van der Waals surface area contributed by atoms with E-state index in [4.69, 9.17) is 15.2 Å². The predicted molar refractivity (Wildman–Crippen MR) is 75.5 cm³/mol. The molecule has 0 aliphatic rings. The van der Waals surface area contributed by atoms with E-state index in [0.717, 1.165) is 28.9 Å². The number of rotatable bonds is 5. The van der Waals surface area contributed by atoms with Crippen LogP contribution in [0.5, 0.6) is 11.5 Å². The van der Waals surface area contributed by atoms with E-state index in [1.54, 1.807) is 20.4 Å². The van der Waals surface area contributed by atoms with E-state index in [0.29, 0.717) is 12.3 Å². The molecule has 19 heavy (non-hydrogen) atoms. The van der Waals surface area contributed by atoms with E-state index in [9.17, 15) is 0 Å². The summed E-state index contributed by atoms with van der Waals surface area (Å²) < 4.78 is 10.9. The monoisotopic (exact) mass is 258 g/mol. The second-order valence-electron chi connectivity index (χ2n) is 4.16. The van der Waals surface area contributed by atoms with Crippen LogP contribution >= 0.6 is 0 Å². The van der Waals surface area contributed by atoms with Crippen molar-refractivity contribution in [2.75, 3.05) is 20.8 Å². The molecule has 100 valence electrons. The first-order chi connectivity index (χ1) is 9.30. The summed E-state index contributed by atoms with van der Waals surface area (Å²) in [5, 5.41) is 0. The van der Waals surface area contributed by atoms with Crippen LogP contribution in [0.15, 0.2) is 36.7 Å². The van der Waals surface area contributed by atoms with Gasteiger partial charge in [-0.05, 0) is 36.7 Å². The molecular formula is C15H18N2O2. The number of nitrogens with zero attached hydrogens (tertiary/aromatic N) is 1. The summed E-state index contributed by atoms with van der Waals surface area (Å²) in [6, 6.07) is 7.93. The number of aromatic nitrogens is 1. The van der Waals surface area contributed by atoms with E-state index in [2.05, 4.69) is 11.1 Å². The normalized spacial score (nSPS) is 10.3. The summed E-state index contributed by atoms with van der Waals surface area (Å²) in [6.07, 6.45) is 4.36. The Hall–Kier alpha value is -2.07. The number of hydrogen-bond acceptors (Lipinski definition) is 4. The van der Waals surface area contributed by atoms with Crippen LogP contribution in [0.3, 0.4) is 0 Å². The molecule has 0 saturated heterocycles. The van der Waals surface area contributed by atoms with Gasteiger partial charge in [0.15, 0.2) is 11.5 Å². The van der Waals surface area contributed by atoms with E-state index in [-0.39, 0.29) is 0 Å². The van der Waals surface area contributed by atoms with Gasteiger partial charge in [0.2, 0.25) is 0 Å². The smallest absolute Gasteiger partial charge is 0.168 e. The van der Waals surface area contributed by atoms with Gasteiger partial charge in [-0.1, -0.05) is 6.07 Å². The van der Waals surface area contributed by atoms with Gasteiger partial charge >= 0.3 is 0 Å². The van der Waals surface area contributed by atoms with Gasteiger partial charge in [-0.3, -0.25) is 4.98 Å². The van der Waals surface area contributed by atoms with Crippen LogP contribution in [0, 0.1) is 0 Å². The Kier molecular flexibility index (Phi) is 4.36. The van der Waals surface area contributed by atoms with Crippen molar-refractivity contribution in [1.82, 2.24) is 4.98 Å². The highest BCUT2D eigenvalue weighted by Gasteiger charge is 2.13. The third-order valence-electron chi connectivity index (χ3n) is 2.94. The lowest BCUT2D eigenvalue weighted by Crippen LogP contribution is -2.04. The van der Waals surface area contributed by atoms with Crippen molar-refractivity contribution in [1.29, 1.82) is 0 Å². The van der Waals surface area contributed by atoms with Crippen LogP contribution in [-0.2, 0) is 6.42 Å². The second-order valence-corrected chi connectivity index (χ2v) is 4.16. The lowest BCUT2D eigenvalue weighted by atomic mass is 10.0. The van der Waals surface area contributed by atoms with Crippen molar-refractivity contribution in [3.8, 4) is 22.6 Å². The number of pyridine rings is 1. The molecule has 4 nitrogen and oxygen atoms in total. The molecule has 2 N–H and O–H groups in total. The molecule has 4 heteroatoms. The SMILES string of the molecule is COc1cc(CCN)cc(-c2cccnc2)c1OC. The van der Waals surface area contributed by atoms with E-state index in [1.807, 2.05) is 24.4 Å². The fraction of sp³-hybridized carbons (Fsp3) is 0.267. The predicted octanol–water partition coefficient (Wildman–Crippen LogP) is 2.27. The van der Waals surface area contributed by atoms with Gasteiger partial charge in [-0.2, -0.15) is 0 Å². The Morgan fingerprint density at radius 3 is 2.63 bits per heavy atom. The van der Waals surface area contributed by atoms with Crippen molar-refractivity contribution < 1.29 is 9.47 Å². The number of methoxy groups -OCH3 is 2. The first-order valence-corrected chi connectivity index (χ1v) is 6.15. The molecule has 0 bridgehead atoms. The molecule has 0 unspecified atom stereocenters. The third-order valence-corrected chi connectivity index (χ3v) is 2.94. The number of benzene rings is 1. The molecule has 1 heterocycles. The molecule has 0 saturated carbocycles. The summed E-state index contributed by atoms with van der Waals surface area (Å²) >= 11 is 0. The summed E-state index contributed by atoms with van der Waals surface area (Å²) in [5.41, 5.74) is 8.72.